The molecule has 4 aromatic carbocycles. The molecule has 3 amide bonds. The number of carbonyl (C=O) groups excluding carboxylic acids is 3. The van der Waals surface area contributed by atoms with Gasteiger partial charge >= 0.3 is 12.2 Å². The predicted molar refractivity (Wildman–Crippen MR) is 191 cm³/mol. The number of hydrogen-bond acceptors (Lipinski definition) is 9. The van der Waals surface area contributed by atoms with E-state index in [0.29, 0.717) is 17.6 Å². The van der Waals surface area contributed by atoms with E-state index in [-0.39, 0.29) is 78.6 Å². The van der Waals surface area contributed by atoms with Crippen LogP contribution in [0.3, 0.4) is 0 Å². The SMILES string of the molecule is COC(=O)Oc1cc2c(c3ccccc13)[C@H](CCl)CN2C(=O)CCCOc1cc2c(cc1OC)C(=O)N1Cc3ccccc3C[C@H]1C(O)N2C(=O)O. The minimum Gasteiger partial charge on any atom is -0.493 e. The van der Waals surface area contributed by atoms with Gasteiger partial charge in [-0.3, -0.25) is 9.59 Å². The van der Waals surface area contributed by atoms with Gasteiger partial charge in [0.1, 0.15) is 5.75 Å². The van der Waals surface area contributed by atoms with Gasteiger partial charge in [-0.2, -0.15) is 0 Å². The molecule has 3 heterocycles. The molecule has 0 aromatic heterocycles. The molecule has 1 unspecified atom stereocenters. The number of benzene rings is 4. The summed E-state index contributed by atoms with van der Waals surface area (Å²) >= 11 is 6.39. The zero-order valence-corrected chi connectivity index (χ0v) is 29.2. The van der Waals surface area contributed by atoms with E-state index in [1.54, 1.807) is 11.0 Å². The van der Waals surface area contributed by atoms with Gasteiger partial charge in [0.25, 0.3) is 5.91 Å². The second kappa shape index (κ2) is 14.2. The fourth-order valence-corrected chi connectivity index (χ4v) is 7.70. The largest absolute Gasteiger partial charge is 0.513 e. The van der Waals surface area contributed by atoms with E-state index < -0.39 is 30.4 Å². The van der Waals surface area contributed by atoms with Gasteiger partial charge in [0, 0.05) is 48.8 Å². The Bertz CT molecular complexity index is 2090. The van der Waals surface area contributed by atoms with Gasteiger partial charge < -0.3 is 39.0 Å². The first kappa shape index (κ1) is 34.9. The maximum Gasteiger partial charge on any atom is 0.513 e. The molecule has 7 rings (SSSR count). The maximum absolute atomic E-state index is 13.9. The number of aliphatic hydroxyl groups is 1. The molecular formula is C38H36ClN3O10. The molecule has 3 atom stereocenters. The molecule has 52 heavy (non-hydrogen) atoms. The molecule has 4 aromatic rings. The predicted octanol–water partition coefficient (Wildman–Crippen LogP) is 5.91. The summed E-state index contributed by atoms with van der Waals surface area (Å²) in [6.45, 7) is 0.594. The van der Waals surface area contributed by atoms with Crippen LogP contribution in [0.5, 0.6) is 17.2 Å². The lowest BCUT2D eigenvalue weighted by molar-refractivity contribution is -0.118. The number of fused-ring (bicyclic) bond motifs is 6. The average molecular weight is 730 g/mol. The van der Waals surface area contributed by atoms with E-state index in [1.165, 1.54) is 31.3 Å². The highest BCUT2D eigenvalue weighted by Gasteiger charge is 2.45. The van der Waals surface area contributed by atoms with Crippen LogP contribution in [0.4, 0.5) is 21.0 Å². The van der Waals surface area contributed by atoms with Crippen LogP contribution in [-0.4, -0.2) is 84.7 Å². The van der Waals surface area contributed by atoms with Crippen LogP contribution < -0.4 is 24.0 Å². The normalized spacial score (nSPS) is 18.9. The van der Waals surface area contributed by atoms with Gasteiger partial charge in [-0.05, 0) is 41.0 Å². The number of carboxylic acid groups (broad SMARTS) is 1. The molecule has 3 aliphatic rings. The number of methoxy groups -OCH3 is 2. The van der Waals surface area contributed by atoms with Crippen LogP contribution in [0.2, 0.25) is 0 Å². The Morgan fingerprint density at radius 1 is 0.923 bits per heavy atom. The van der Waals surface area contributed by atoms with Crippen LogP contribution in [0, 0.1) is 0 Å². The fourth-order valence-electron chi connectivity index (χ4n) is 7.44. The molecule has 0 radical (unpaired) electrons. The highest BCUT2D eigenvalue weighted by molar-refractivity contribution is 6.19. The van der Waals surface area contributed by atoms with Crippen molar-refractivity contribution in [2.75, 3.05) is 43.1 Å². The Kier molecular flexibility index (Phi) is 9.56. The molecule has 0 aliphatic carbocycles. The zero-order chi connectivity index (χ0) is 36.7. The minimum absolute atomic E-state index is 0.0340. The third kappa shape index (κ3) is 6.09. The van der Waals surface area contributed by atoms with E-state index in [9.17, 15) is 29.4 Å². The van der Waals surface area contributed by atoms with E-state index >= 15 is 0 Å². The second-order valence-electron chi connectivity index (χ2n) is 12.8. The van der Waals surface area contributed by atoms with Gasteiger partial charge in [0.15, 0.2) is 17.7 Å². The standard InChI is InChI=1S/C38H36ClN3O10/c1-49-31-15-26-27(42(37(46)47)36(45)29-14-21-8-3-4-9-22(21)19-41(29)35(26)44)16-32(31)51-13-7-12-33(43)40-20-23(18-39)34-25-11-6-5-10-24(25)30(17-28(34)40)52-38(48)50-2/h3-6,8-11,15-17,23,29,36,45H,7,12-14,18-20H2,1-2H3,(H,46,47)/t23-,29+,36?/m1/s1. The summed E-state index contributed by atoms with van der Waals surface area (Å²) in [5, 5.41) is 23.2. The smallest absolute Gasteiger partial charge is 0.493 e. The van der Waals surface area contributed by atoms with E-state index in [4.69, 9.17) is 30.5 Å². The number of anilines is 2. The van der Waals surface area contributed by atoms with Crippen LogP contribution in [0.1, 0.15) is 45.8 Å². The van der Waals surface area contributed by atoms with Gasteiger partial charge in [-0.15, -0.1) is 11.6 Å². The molecule has 13 nitrogen and oxygen atoms in total. The van der Waals surface area contributed by atoms with Crippen molar-refractivity contribution in [2.24, 2.45) is 0 Å². The zero-order valence-electron chi connectivity index (χ0n) is 28.4. The van der Waals surface area contributed by atoms with Gasteiger partial charge in [0.05, 0.1) is 43.8 Å². The van der Waals surface area contributed by atoms with Crippen molar-refractivity contribution < 1.29 is 48.3 Å². The number of rotatable bonds is 8. The number of aliphatic hydroxyl groups excluding tert-OH is 1. The van der Waals surface area contributed by atoms with Crippen LogP contribution in [0.15, 0.2) is 66.7 Å². The quantitative estimate of drug-likeness (QED) is 0.0969. The Hall–Kier alpha value is -5.53. The number of alkyl halides is 1. The van der Waals surface area contributed by atoms with Crippen molar-refractivity contribution in [1.29, 1.82) is 0 Å². The van der Waals surface area contributed by atoms with Gasteiger partial charge in [0.2, 0.25) is 5.91 Å². The highest BCUT2D eigenvalue weighted by Crippen LogP contribution is 2.46. The topological polar surface area (TPSA) is 155 Å². The van der Waals surface area contributed by atoms with Crippen molar-refractivity contribution in [3.05, 3.63) is 89.0 Å². The van der Waals surface area contributed by atoms with Crippen molar-refractivity contribution in [3.8, 4) is 17.2 Å². The molecular weight excluding hydrogens is 694 g/mol. The summed E-state index contributed by atoms with van der Waals surface area (Å²) in [6, 6.07) is 18.6. The van der Waals surface area contributed by atoms with Crippen LogP contribution in [-0.2, 0) is 22.5 Å². The maximum atomic E-state index is 13.9. The number of halogens is 1. The second-order valence-corrected chi connectivity index (χ2v) is 13.1. The summed E-state index contributed by atoms with van der Waals surface area (Å²) in [4.78, 5) is 56.2. The molecule has 0 bridgehead atoms. The molecule has 0 spiro atoms. The van der Waals surface area contributed by atoms with Crippen molar-refractivity contribution in [3.63, 3.8) is 0 Å². The first-order chi connectivity index (χ1) is 25.1. The third-order valence-electron chi connectivity index (χ3n) is 9.90. The number of ether oxygens (including phenoxy) is 4. The Morgan fingerprint density at radius 2 is 1.63 bits per heavy atom. The Balaban J connectivity index is 1.10. The van der Waals surface area contributed by atoms with E-state index in [0.717, 1.165) is 27.0 Å². The Labute approximate surface area is 303 Å². The van der Waals surface area contributed by atoms with E-state index in [1.807, 2.05) is 48.5 Å². The summed E-state index contributed by atoms with van der Waals surface area (Å²) in [7, 11) is 2.62. The van der Waals surface area contributed by atoms with Crippen molar-refractivity contribution >= 4 is 57.8 Å². The third-order valence-corrected chi connectivity index (χ3v) is 10.3. The summed E-state index contributed by atoms with van der Waals surface area (Å²) in [5.74, 6) is 0.0750. The van der Waals surface area contributed by atoms with E-state index in [2.05, 4.69) is 0 Å². The minimum atomic E-state index is -1.55. The molecule has 14 heteroatoms. The molecule has 270 valence electrons. The van der Waals surface area contributed by atoms with Crippen molar-refractivity contribution in [1.82, 2.24) is 4.90 Å². The lowest BCUT2D eigenvalue weighted by Gasteiger charge is -2.39. The molecule has 0 fully saturated rings. The number of amides is 3. The fraction of sp³-hybridized carbons (Fsp3) is 0.316. The van der Waals surface area contributed by atoms with Crippen LogP contribution >= 0.6 is 11.6 Å². The summed E-state index contributed by atoms with van der Waals surface area (Å²) < 4.78 is 21.8. The summed E-state index contributed by atoms with van der Waals surface area (Å²) in [6.07, 6.45) is -3.24. The number of nitrogens with zero attached hydrogens (tertiary/aromatic N) is 3. The number of hydrogen-bond donors (Lipinski definition) is 2. The monoisotopic (exact) mass is 729 g/mol. The summed E-state index contributed by atoms with van der Waals surface area (Å²) in [5.41, 5.74) is 3.35. The van der Waals surface area contributed by atoms with Crippen LogP contribution in [0.25, 0.3) is 10.8 Å². The lowest BCUT2D eigenvalue weighted by atomic mass is 9.93. The van der Waals surface area contributed by atoms with Gasteiger partial charge in [-0.25, -0.2) is 14.5 Å². The molecule has 0 saturated heterocycles. The number of carbonyl (C=O) groups is 4. The molecule has 3 aliphatic heterocycles. The molecule has 0 saturated carbocycles. The van der Waals surface area contributed by atoms with Gasteiger partial charge in [-0.1, -0.05) is 48.5 Å². The molecule has 2 N–H and O–H groups in total. The first-order valence-electron chi connectivity index (χ1n) is 16.8. The average Bonchev–Trinajstić information content (AvgIpc) is 3.50. The lowest BCUT2D eigenvalue weighted by Crippen LogP contribution is -2.55. The Morgan fingerprint density at radius 3 is 2.35 bits per heavy atom. The van der Waals surface area contributed by atoms with Crippen molar-refractivity contribution in [2.45, 2.75) is 44.0 Å². The first-order valence-corrected chi connectivity index (χ1v) is 17.3. The highest BCUT2D eigenvalue weighted by atomic mass is 35.5.